The van der Waals surface area contributed by atoms with Crippen LogP contribution in [0.15, 0.2) is 60.8 Å². The van der Waals surface area contributed by atoms with Crippen LogP contribution in [-0.4, -0.2) is 30.1 Å². The number of hydrogen-bond donors (Lipinski definition) is 1. The molecule has 2 aliphatic rings. The lowest BCUT2D eigenvalue weighted by Gasteiger charge is -2.22. The fourth-order valence-corrected chi connectivity index (χ4v) is 3.88. The van der Waals surface area contributed by atoms with E-state index in [2.05, 4.69) is 23.3 Å². The van der Waals surface area contributed by atoms with Gasteiger partial charge in [-0.05, 0) is 49.2 Å². The summed E-state index contributed by atoms with van der Waals surface area (Å²) < 4.78 is 11.2. The lowest BCUT2D eigenvalue weighted by Crippen LogP contribution is -2.36. The maximum atomic E-state index is 13.1. The Hall–Kier alpha value is -3.54. The summed E-state index contributed by atoms with van der Waals surface area (Å²) in [4.78, 5) is 19.3. The van der Waals surface area contributed by atoms with Crippen LogP contribution in [0.2, 0.25) is 0 Å². The smallest absolute Gasteiger partial charge is 0.277 e. The number of carbonyl (C=O) groups excluding carboxylic acids is 1. The molecule has 1 atom stereocenters. The van der Waals surface area contributed by atoms with Crippen molar-refractivity contribution in [3.05, 3.63) is 72.1 Å². The van der Waals surface area contributed by atoms with E-state index in [1.165, 1.54) is 5.56 Å². The number of benzene rings is 2. The number of para-hydroxylation sites is 1. The second-order valence-corrected chi connectivity index (χ2v) is 7.27. The molecule has 0 saturated carbocycles. The highest BCUT2D eigenvalue weighted by Gasteiger charge is 2.31. The molecule has 1 N–H and O–H groups in total. The molecule has 6 nitrogen and oxygen atoms in total. The van der Waals surface area contributed by atoms with Crippen LogP contribution in [-0.2, 0) is 6.42 Å². The Bertz CT molecular complexity index is 1070. The zero-order chi connectivity index (χ0) is 19.8. The van der Waals surface area contributed by atoms with E-state index in [4.69, 9.17) is 9.47 Å². The number of anilines is 3. The molecule has 0 aliphatic carbocycles. The van der Waals surface area contributed by atoms with E-state index in [-0.39, 0.29) is 11.9 Å². The number of amides is 1. The van der Waals surface area contributed by atoms with Crippen LogP contribution in [0.4, 0.5) is 17.1 Å². The molecule has 2 aromatic carbocycles. The van der Waals surface area contributed by atoms with E-state index in [0.717, 1.165) is 35.0 Å². The Morgan fingerprint density at radius 2 is 1.83 bits per heavy atom. The molecule has 0 saturated heterocycles. The average molecular weight is 387 g/mol. The average Bonchev–Trinajstić information content (AvgIpc) is 3.09. The maximum Gasteiger partial charge on any atom is 0.277 e. The second-order valence-electron chi connectivity index (χ2n) is 7.27. The first kappa shape index (κ1) is 17.6. The molecule has 29 heavy (non-hydrogen) atoms. The monoisotopic (exact) mass is 387 g/mol. The van der Waals surface area contributed by atoms with Gasteiger partial charge in [0.15, 0.2) is 11.5 Å². The molecule has 1 aromatic heterocycles. The third-order valence-corrected chi connectivity index (χ3v) is 5.24. The topological polar surface area (TPSA) is 63.7 Å². The highest BCUT2D eigenvalue weighted by molar-refractivity contribution is 6.06. The van der Waals surface area contributed by atoms with Gasteiger partial charge in [0.25, 0.3) is 5.91 Å². The fourth-order valence-electron chi connectivity index (χ4n) is 3.88. The second kappa shape index (κ2) is 7.13. The van der Waals surface area contributed by atoms with Crippen molar-refractivity contribution in [3.8, 4) is 11.5 Å². The minimum atomic E-state index is -0.0756. The van der Waals surface area contributed by atoms with Gasteiger partial charge in [0, 0.05) is 23.5 Å². The molecule has 6 heteroatoms. The molecule has 0 fully saturated rings. The van der Waals surface area contributed by atoms with E-state index in [1.54, 1.807) is 12.3 Å². The molecule has 1 amide bonds. The van der Waals surface area contributed by atoms with Crippen LogP contribution in [0.25, 0.3) is 0 Å². The number of fused-ring (bicyclic) bond motifs is 2. The van der Waals surface area contributed by atoms with Crippen LogP contribution in [0.1, 0.15) is 23.0 Å². The van der Waals surface area contributed by atoms with Crippen molar-refractivity contribution in [2.45, 2.75) is 19.4 Å². The normalized spacial score (nSPS) is 17.0. The number of ether oxygens (including phenoxy) is 2. The Balaban J connectivity index is 1.33. The number of pyridine rings is 1. The van der Waals surface area contributed by atoms with Crippen molar-refractivity contribution < 1.29 is 14.3 Å². The van der Waals surface area contributed by atoms with Gasteiger partial charge in [0.05, 0.1) is 11.9 Å². The summed E-state index contributed by atoms with van der Waals surface area (Å²) >= 11 is 0. The van der Waals surface area contributed by atoms with Gasteiger partial charge >= 0.3 is 0 Å². The highest BCUT2D eigenvalue weighted by atomic mass is 16.6. The Labute approximate surface area is 169 Å². The predicted molar refractivity (Wildman–Crippen MR) is 111 cm³/mol. The van der Waals surface area contributed by atoms with Gasteiger partial charge in [-0.15, -0.1) is 0 Å². The third-order valence-electron chi connectivity index (χ3n) is 5.24. The number of aromatic nitrogens is 1. The number of carbonyl (C=O) groups is 1. The number of rotatable bonds is 3. The lowest BCUT2D eigenvalue weighted by molar-refractivity contribution is 0.0976. The van der Waals surface area contributed by atoms with Gasteiger partial charge in [0.2, 0.25) is 0 Å². The molecule has 3 aromatic rings. The molecule has 0 bridgehead atoms. The number of nitrogens with one attached hydrogen (secondary N) is 1. The molecule has 1 unspecified atom stereocenters. The fraction of sp³-hybridized carbons (Fsp3) is 0.217. The minimum Gasteiger partial charge on any atom is -0.486 e. The summed E-state index contributed by atoms with van der Waals surface area (Å²) in [5.74, 6) is 1.40. The van der Waals surface area contributed by atoms with Gasteiger partial charge < -0.3 is 19.7 Å². The molecule has 0 spiro atoms. The molecule has 146 valence electrons. The molecule has 0 radical (unpaired) electrons. The quantitative estimate of drug-likeness (QED) is 0.730. The molecule has 3 heterocycles. The first-order valence-electron chi connectivity index (χ1n) is 9.73. The molecule has 5 rings (SSSR count). The van der Waals surface area contributed by atoms with E-state index >= 15 is 0 Å². The van der Waals surface area contributed by atoms with Crippen LogP contribution in [0, 0.1) is 0 Å². The van der Waals surface area contributed by atoms with Crippen LogP contribution < -0.4 is 19.7 Å². The van der Waals surface area contributed by atoms with Crippen molar-refractivity contribution >= 4 is 23.0 Å². The Kier molecular flexibility index (Phi) is 4.31. The summed E-state index contributed by atoms with van der Waals surface area (Å²) in [6.45, 7) is 3.18. The van der Waals surface area contributed by atoms with Crippen molar-refractivity contribution in [2.75, 3.05) is 23.4 Å². The van der Waals surface area contributed by atoms with Crippen molar-refractivity contribution in [2.24, 2.45) is 0 Å². The minimum absolute atomic E-state index is 0.0756. The summed E-state index contributed by atoms with van der Waals surface area (Å²) in [7, 11) is 0. The zero-order valence-corrected chi connectivity index (χ0v) is 16.1. The maximum absolute atomic E-state index is 13.1. The highest BCUT2D eigenvalue weighted by Crippen LogP contribution is 2.34. The first-order chi connectivity index (χ1) is 14.2. The van der Waals surface area contributed by atoms with Crippen LogP contribution in [0.5, 0.6) is 11.5 Å². The molecular formula is C23H21N3O3. The van der Waals surface area contributed by atoms with Gasteiger partial charge in [0.1, 0.15) is 18.9 Å². The van der Waals surface area contributed by atoms with Crippen LogP contribution >= 0.6 is 0 Å². The van der Waals surface area contributed by atoms with Crippen molar-refractivity contribution in [3.63, 3.8) is 0 Å². The molecular weight excluding hydrogens is 366 g/mol. The summed E-state index contributed by atoms with van der Waals surface area (Å²) in [6.07, 6.45) is 2.54. The Morgan fingerprint density at radius 1 is 1.03 bits per heavy atom. The van der Waals surface area contributed by atoms with E-state index in [1.807, 2.05) is 47.4 Å². The molecule has 2 aliphatic heterocycles. The van der Waals surface area contributed by atoms with Gasteiger partial charge in [-0.1, -0.05) is 18.2 Å². The van der Waals surface area contributed by atoms with Gasteiger partial charge in [-0.25, -0.2) is 4.98 Å². The third kappa shape index (κ3) is 3.27. The van der Waals surface area contributed by atoms with Crippen molar-refractivity contribution in [1.29, 1.82) is 0 Å². The van der Waals surface area contributed by atoms with Gasteiger partial charge in [-0.3, -0.25) is 4.79 Å². The van der Waals surface area contributed by atoms with E-state index in [0.29, 0.717) is 18.9 Å². The van der Waals surface area contributed by atoms with E-state index < -0.39 is 0 Å². The van der Waals surface area contributed by atoms with Crippen LogP contribution in [0.3, 0.4) is 0 Å². The number of nitrogens with zero attached hydrogens (tertiary/aromatic N) is 2. The summed E-state index contributed by atoms with van der Waals surface area (Å²) in [5.41, 5.74) is 4.28. The van der Waals surface area contributed by atoms with E-state index in [9.17, 15) is 4.79 Å². The predicted octanol–water partition coefficient (Wildman–Crippen LogP) is 4.19. The number of hydrogen-bond acceptors (Lipinski definition) is 5. The Morgan fingerprint density at radius 3 is 2.66 bits per heavy atom. The first-order valence-corrected chi connectivity index (χ1v) is 9.73. The lowest BCUT2D eigenvalue weighted by atomic mass is 10.1. The standard InChI is InChI=1S/C23H21N3O3/c1-15-12-16-4-2-3-5-20(16)26(15)23(27)19-8-6-18(14-24-19)25-17-7-9-21-22(13-17)29-11-10-28-21/h2-9,13-15,25H,10-12H2,1H3. The SMILES string of the molecule is CC1Cc2ccccc2N1C(=O)c1ccc(Nc2ccc3c(c2)OCCO3)cn1. The van der Waals surface area contributed by atoms with Crippen molar-refractivity contribution in [1.82, 2.24) is 4.98 Å². The largest absolute Gasteiger partial charge is 0.486 e. The van der Waals surface area contributed by atoms with Gasteiger partial charge in [-0.2, -0.15) is 0 Å². The summed E-state index contributed by atoms with van der Waals surface area (Å²) in [5, 5.41) is 3.29. The summed E-state index contributed by atoms with van der Waals surface area (Å²) in [6, 6.07) is 17.5. The zero-order valence-electron chi connectivity index (χ0n) is 16.1.